The number of aromatic amines is 1. The lowest BCUT2D eigenvalue weighted by Crippen LogP contribution is -2.19. The zero-order chi connectivity index (χ0) is 16.4. The molecule has 3 aromatic rings. The molecule has 0 spiro atoms. The predicted octanol–water partition coefficient (Wildman–Crippen LogP) is 3.68. The Balaban J connectivity index is 1.91. The van der Waals surface area contributed by atoms with Gasteiger partial charge in [-0.05, 0) is 38.1 Å². The van der Waals surface area contributed by atoms with Crippen LogP contribution in [0, 0.1) is 0 Å². The van der Waals surface area contributed by atoms with Crippen LogP contribution in [0.5, 0.6) is 0 Å². The Labute approximate surface area is 138 Å². The van der Waals surface area contributed by atoms with Gasteiger partial charge in [-0.15, -0.1) is 0 Å². The van der Waals surface area contributed by atoms with Crippen molar-refractivity contribution in [2.75, 3.05) is 10.6 Å². The molecule has 0 aliphatic rings. The molecule has 23 heavy (non-hydrogen) atoms. The summed E-state index contributed by atoms with van der Waals surface area (Å²) in [7, 11) is 0. The van der Waals surface area contributed by atoms with Gasteiger partial charge in [0.1, 0.15) is 5.82 Å². The van der Waals surface area contributed by atoms with Crippen molar-refractivity contribution in [1.29, 1.82) is 0 Å². The van der Waals surface area contributed by atoms with E-state index in [4.69, 9.17) is 11.6 Å². The van der Waals surface area contributed by atoms with Crippen molar-refractivity contribution in [1.82, 2.24) is 15.2 Å². The third-order valence-corrected chi connectivity index (χ3v) is 3.57. The fourth-order valence-corrected chi connectivity index (χ4v) is 2.47. The molecule has 1 amide bonds. The molecule has 0 unspecified atom stereocenters. The minimum absolute atomic E-state index is 0.168. The van der Waals surface area contributed by atoms with E-state index in [2.05, 4.69) is 25.8 Å². The molecule has 0 aliphatic heterocycles. The van der Waals surface area contributed by atoms with Crippen molar-refractivity contribution in [2.45, 2.75) is 19.9 Å². The van der Waals surface area contributed by atoms with Crippen LogP contribution in [0.3, 0.4) is 0 Å². The van der Waals surface area contributed by atoms with Gasteiger partial charge in [-0.1, -0.05) is 17.7 Å². The van der Waals surface area contributed by atoms with Crippen molar-refractivity contribution >= 4 is 40.0 Å². The van der Waals surface area contributed by atoms with Crippen molar-refractivity contribution in [3.63, 3.8) is 0 Å². The number of nitrogens with zero attached hydrogens (tertiary/aromatic N) is 2. The second-order valence-electron chi connectivity index (χ2n) is 5.39. The van der Waals surface area contributed by atoms with E-state index in [1.54, 1.807) is 24.4 Å². The molecular weight excluding hydrogens is 314 g/mol. The number of hydrogen-bond donors (Lipinski definition) is 3. The van der Waals surface area contributed by atoms with Gasteiger partial charge < -0.3 is 10.6 Å². The van der Waals surface area contributed by atoms with Crippen LogP contribution >= 0.6 is 11.6 Å². The largest absolute Gasteiger partial charge is 0.367 e. The topological polar surface area (TPSA) is 82.7 Å². The van der Waals surface area contributed by atoms with E-state index in [0.717, 1.165) is 5.39 Å². The molecule has 0 radical (unpaired) electrons. The summed E-state index contributed by atoms with van der Waals surface area (Å²) >= 11 is 6.10. The smallest absolute Gasteiger partial charge is 0.260 e. The van der Waals surface area contributed by atoms with E-state index in [-0.39, 0.29) is 11.9 Å². The maximum Gasteiger partial charge on any atom is 0.260 e. The number of para-hydroxylation sites is 1. The number of H-pyrrole nitrogens is 1. The SMILES string of the molecule is CC(C)Nc1ncccc1C(=O)Nc1n[nH]c2c(Cl)cccc12. The summed E-state index contributed by atoms with van der Waals surface area (Å²) in [5.74, 6) is 0.694. The third-order valence-electron chi connectivity index (χ3n) is 3.26. The van der Waals surface area contributed by atoms with E-state index in [9.17, 15) is 4.79 Å². The van der Waals surface area contributed by atoms with E-state index >= 15 is 0 Å². The molecule has 2 aromatic heterocycles. The Morgan fingerprint density at radius 3 is 2.83 bits per heavy atom. The van der Waals surface area contributed by atoms with Gasteiger partial charge in [-0.3, -0.25) is 9.89 Å². The van der Waals surface area contributed by atoms with Gasteiger partial charge in [0.05, 0.1) is 16.1 Å². The van der Waals surface area contributed by atoms with Gasteiger partial charge in [0.25, 0.3) is 5.91 Å². The maximum atomic E-state index is 12.6. The Morgan fingerprint density at radius 1 is 1.22 bits per heavy atom. The predicted molar refractivity (Wildman–Crippen MR) is 92.1 cm³/mol. The lowest BCUT2D eigenvalue weighted by atomic mass is 10.2. The van der Waals surface area contributed by atoms with Crippen molar-refractivity contribution in [3.8, 4) is 0 Å². The molecule has 2 heterocycles. The van der Waals surface area contributed by atoms with Crippen molar-refractivity contribution in [3.05, 3.63) is 47.1 Å². The van der Waals surface area contributed by atoms with E-state index < -0.39 is 0 Å². The van der Waals surface area contributed by atoms with Crippen LogP contribution in [-0.4, -0.2) is 27.1 Å². The third kappa shape index (κ3) is 3.12. The van der Waals surface area contributed by atoms with Crippen LogP contribution in [0.1, 0.15) is 24.2 Å². The average Bonchev–Trinajstić information content (AvgIpc) is 2.92. The van der Waals surface area contributed by atoms with Gasteiger partial charge in [0.2, 0.25) is 0 Å². The molecule has 6 nitrogen and oxygen atoms in total. The first kappa shape index (κ1) is 15.3. The van der Waals surface area contributed by atoms with Crippen molar-refractivity contribution in [2.24, 2.45) is 0 Å². The average molecular weight is 330 g/mol. The van der Waals surface area contributed by atoms with Crippen LogP contribution in [0.2, 0.25) is 5.02 Å². The monoisotopic (exact) mass is 329 g/mol. The number of rotatable bonds is 4. The number of carbonyl (C=O) groups excluding carboxylic acids is 1. The highest BCUT2D eigenvalue weighted by atomic mass is 35.5. The standard InChI is InChI=1S/C16H16ClN5O/c1-9(2)19-14-11(6-4-8-18-14)16(23)20-15-10-5-3-7-12(17)13(10)21-22-15/h3-9H,1-2H3,(H,18,19)(H2,20,21,22,23). The highest BCUT2D eigenvalue weighted by Crippen LogP contribution is 2.27. The molecule has 0 aliphatic carbocycles. The number of amides is 1. The zero-order valence-electron chi connectivity index (χ0n) is 12.7. The lowest BCUT2D eigenvalue weighted by molar-refractivity contribution is 0.102. The summed E-state index contributed by atoms with van der Waals surface area (Å²) in [5, 5.41) is 14.2. The van der Waals surface area contributed by atoms with E-state index in [1.165, 1.54) is 0 Å². The molecule has 7 heteroatoms. The number of anilines is 2. The highest BCUT2D eigenvalue weighted by molar-refractivity contribution is 6.35. The van der Waals surface area contributed by atoms with E-state index in [0.29, 0.717) is 27.7 Å². The van der Waals surface area contributed by atoms with Crippen LogP contribution < -0.4 is 10.6 Å². The van der Waals surface area contributed by atoms with Gasteiger partial charge in [-0.2, -0.15) is 5.10 Å². The van der Waals surface area contributed by atoms with Crippen molar-refractivity contribution < 1.29 is 4.79 Å². The fourth-order valence-electron chi connectivity index (χ4n) is 2.25. The first-order valence-corrected chi connectivity index (χ1v) is 7.59. The van der Waals surface area contributed by atoms with E-state index in [1.807, 2.05) is 26.0 Å². The molecule has 0 bridgehead atoms. The van der Waals surface area contributed by atoms with Crippen LogP contribution in [0.4, 0.5) is 11.6 Å². The second-order valence-corrected chi connectivity index (χ2v) is 5.79. The number of nitrogens with one attached hydrogen (secondary N) is 3. The Morgan fingerprint density at radius 2 is 2.04 bits per heavy atom. The summed E-state index contributed by atoms with van der Waals surface area (Å²) in [6, 6.07) is 9.03. The Bertz CT molecular complexity index is 859. The summed E-state index contributed by atoms with van der Waals surface area (Å²) in [5.41, 5.74) is 1.15. The van der Waals surface area contributed by atoms with Gasteiger partial charge in [-0.25, -0.2) is 4.98 Å². The van der Waals surface area contributed by atoms with Gasteiger partial charge >= 0.3 is 0 Å². The number of pyridine rings is 1. The number of halogens is 1. The molecule has 0 fully saturated rings. The maximum absolute atomic E-state index is 12.6. The quantitative estimate of drug-likeness (QED) is 0.681. The minimum atomic E-state index is -0.283. The number of hydrogen-bond acceptors (Lipinski definition) is 4. The first-order valence-electron chi connectivity index (χ1n) is 7.21. The first-order chi connectivity index (χ1) is 11.1. The summed E-state index contributed by atoms with van der Waals surface area (Å²) in [6.45, 7) is 3.97. The molecule has 3 rings (SSSR count). The Hall–Kier alpha value is -2.60. The van der Waals surface area contributed by atoms with Crippen LogP contribution in [-0.2, 0) is 0 Å². The summed E-state index contributed by atoms with van der Waals surface area (Å²) in [4.78, 5) is 16.8. The normalized spacial score (nSPS) is 11.0. The summed E-state index contributed by atoms with van der Waals surface area (Å²) in [6.07, 6.45) is 1.64. The number of aromatic nitrogens is 3. The molecule has 0 saturated carbocycles. The zero-order valence-corrected chi connectivity index (χ0v) is 13.5. The molecular formula is C16H16ClN5O. The molecule has 3 N–H and O–H groups in total. The lowest BCUT2D eigenvalue weighted by Gasteiger charge is -2.12. The van der Waals surface area contributed by atoms with Gasteiger partial charge in [0, 0.05) is 17.6 Å². The fraction of sp³-hybridized carbons (Fsp3) is 0.188. The van der Waals surface area contributed by atoms with Crippen LogP contribution in [0.25, 0.3) is 10.9 Å². The van der Waals surface area contributed by atoms with Gasteiger partial charge in [0.15, 0.2) is 5.82 Å². The summed E-state index contributed by atoms with van der Waals surface area (Å²) < 4.78 is 0. The Kier molecular flexibility index (Phi) is 4.16. The molecule has 118 valence electrons. The highest BCUT2D eigenvalue weighted by Gasteiger charge is 2.16. The molecule has 0 atom stereocenters. The second kappa shape index (κ2) is 6.26. The minimum Gasteiger partial charge on any atom is -0.367 e. The van der Waals surface area contributed by atoms with Crippen LogP contribution in [0.15, 0.2) is 36.5 Å². The number of benzene rings is 1. The molecule has 0 saturated heterocycles. The molecule has 1 aromatic carbocycles. The number of fused-ring (bicyclic) bond motifs is 1. The number of carbonyl (C=O) groups is 1.